The summed E-state index contributed by atoms with van der Waals surface area (Å²) in [7, 11) is 0. The van der Waals surface area contributed by atoms with Crippen molar-refractivity contribution >= 4 is 0 Å². The van der Waals surface area contributed by atoms with Crippen LogP contribution in [0, 0.1) is 13.8 Å². The molecule has 0 bridgehead atoms. The van der Waals surface area contributed by atoms with Gasteiger partial charge in [0.15, 0.2) is 0 Å². The largest absolute Gasteiger partial charge is 0.313 e. The molecule has 0 spiro atoms. The topological polar surface area (TPSA) is 42.7 Å². The molecule has 4 heteroatoms. The molecule has 0 fully saturated rings. The van der Waals surface area contributed by atoms with Crippen molar-refractivity contribution in [2.75, 3.05) is 6.54 Å². The molecule has 2 heterocycles. The lowest BCUT2D eigenvalue weighted by Gasteiger charge is -2.06. The summed E-state index contributed by atoms with van der Waals surface area (Å²) in [6, 6.07) is 2.20. The lowest BCUT2D eigenvalue weighted by Crippen LogP contribution is -2.11. The zero-order valence-electron chi connectivity index (χ0n) is 12.2. The summed E-state index contributed by atoms with van der Waals surface area (Å²) in [6.45, 7) is 11.1. The highest BCUT2D eigenvalue weighted by Gasteiger charge is 2.13. The maximum atomic E-state index is 4.57. The zero-order valence-corrected chi connectivity index (χ0v) is 12.2. The van der Waals surface area contributed by atoms with Crippen molar-refractivity contribution in [1.29, 1.82) is 0 Å². The van der Waals surface area contributed by atoms with Gasteiger partial charge in [0.2, 0.25) is 0 Å². The van der Waals surface area contributed by atoms with Gasteiger partial charge in [-0.1, -0.05) is 6.92 Å². The summed E-state index contributed by atoms with van der Waals surface area (Å²) in [5, 5.41) is 7.90. The van der Waals surface area contributed by atoms with Gasteiger partial charge in [0.1, 0.15) is 0 Å². The molecule has 2 aromatic heterocycles. The minimum Gasteiger partial charge on any atom is -0.313 e. The summed E-state index contributed by atoms with van der Waals surface area (Å²) < 4.78 is 2.04. The van der Waals surface area contributed by atoms with Gasteiger partial charge in [-0.15, -0.1) is 0 Å². The first-order chi connectivity index (χ1) is 9.17. The van der Waals surface area contributed by atoms with E-state index in [9.17, 15) is 0 Å². The molecule has 0 atom stereocenters. The van der Waals surface area contributed by atoms with Crippen LogP contribution in [0.5, 0.6) is 0 Å². The molecule has 1 N–H and O–H groups in total. The number of hydrogen-bond donors (Lipinski definition) is 1. The number of nitrogens with one attached hydrogen (secondary N) is 1. The highest BCUT2D eigenvalue weighted by Crippen LogP contribution is 2.26. The van der Waals surface area contributed by atoms with Crippen molar-refractivity contribution in [3.63, 3.8) is 0 Å². The van der Waals surface area contributed by atoms with Crippen LogP contribution in [0.4, 0.5) is 0 Å². The Hall–Kier alpha value is -1.68. The van der Waals surface area contributed by atoms with E-state index in [1.54, 1.807) is 0 Å². The fourth-order valence-electron chi connectivity index (χ4n) is 2.41. The van der Waals surface area contributed by atoms with E-state index >= 15 is 0 Å². The normalized spacial score (nSPS) is 10.9. The van der Waals surface area contributed by atoms with E-state index in [0.717, 1.165) is 30.9 Å². The molecule has 0 radical (unpaired) electrons. The predicted molar refractivity (Wildman–Crippen MR) is 78.0 cm³/mol. The van der Waals surface area contributed by atoms with Gasteiger partial charge in [-0.05, 0) is 38.9 Å². The third-order valence-electron chi connectivity index (χ3n) is 3.34. The monoisotopic (exact) mass is 258 g/mol. The molecule has 0 saturated carbocycles. The number of aromatic nitrogens is 3. The van der Waals surface area contributed by atoms with Crippen LogP contribution in [0.2, 0.25) is 0 Å². The number of pyridine rings is 1. The van der Waals surface area contributed by atoms with Gasteiger partial charge in [0.05, 0.1) is 5.69 Å². The van der Waals surface area contributed by atoms with Crippen molar-refractivity contribution in [1.82, 2.24) is 20.1 Å². The molecule has 0 aliphatic rings. The molecule has 0 amide bonds. The first kappa shape index (κ1) is 13.7. The standard InChI is InChI=1S/C15H22N4/c1-5-16-8-13-7-14(10-17-9-13)15-11(3)18-19(6-2)12(15)4/h7,9-10,16H,5-6,8H2,1-4H3. The molecular formula is C15H22N4. The van der Waals surface area contributed by atoms with E-state index in [-0.39, 0.29) is 0 Å². The average molecular weight is 258 g/mol. The molecule has 0 unspecified atom stereocenters. The molecule has 2 rings (SSSR count). The molecule has 102 valence electrons. The third kappa shape index (κ3) is 2.84. The van der Waals surface area contributed by atoms with Gasteiger partial charge in [-0.25, -0.2) is 0 Å². The minimum absolute atomic E-state index is 0.858. The Balaban J connectivity index is 2.39. The van der Waals surface area contributed by atoms with Crippen molar-refractivity contribution in [2.24, 2.45) is 0 Å². The van der Waals surface area contributed by atoms with E-state index in [1.165, 1.54) is 16.8 Å². The molecule has 4 nitrogen and oxygen atoms in total. The second-order valence-corrected chi connectivity index (χ2v) is 4.72. The maximum absolute atomic E-state index is 4.57. The van der Waals surface area contributed by atoms with Crippen molar-refractivity contribution in [3.8, 4) is 11.1 Å². The number of aryl methyl sites for hydroxylation is 2. The van der Waals surface area contributed by atoms with Crippen LogP contribution in [-0.4, -0.2) is 21.3 Å². The Morgan fingerprint density at radius 3 is 2.63 bits per heavy atom. The highest BCUT2D eigenvalue weighted by atomic mass is 15.3. The fourth-order valence-corrected chi connectivity index (χ4v) is 2.41. The molecule has 0 aliphatic heterocycles. The first-order valence-corrected chi connectivity index (χ1v) is 6.86. The molecule has 0 aliphatic carbocycles. The van der Waals surface area contributed by atoms with Crippen LogP contribution >= 0.6 is 0 Å². The predicted octanol–water partition coefficient (Wildman–Crippen LogP) is 2.69. The van der Waals surface area contributed by atoms with Crippen molar-refractivity contribution in [3.05, 3.63) is 35.4 Å². The Kier molecular flexibility index (Phi) is 4.32. The van der Waals surface area contributed by atoms with Crippen molar-refractivity contribution in [2.45, 2.75) is 40.8 Å². The van der Waals surface area contributed by atoms with Gasteiger partial charge >= 0.3 is 0 Å². The number of nitrogens with zero attached hydrogens (tertiary/aromatic N) is 3. The number of hydrogen-bond acceptors (Lipinski definition) is 3. The summed E-state index contributed by atoms with van der Waals surface area (Å²) in [6.07, 6.45) is 3.84. The quantitative estimate of drug-likeness (QED) is 0.896. The smallest absolute Gasteiger partial charge is 0.0675 e. The first-order valence-electron chi connectivity index (χ1n) is 6.86. The van der Waals surface area contributed by atoms with Crippen LogP contribution in [-0.2, 0) is 13.1 Å². The maximum Gasteiger partial charge on any atom is 0.0675 e. The molecule has 0 saturated heterocycles. The lowest BCUT2D eigenvalue weighted by atomic mass is 10.0. The van der Waals surface area contributed by atoms with Crippen LogP contribution < -0.4 is 5.32 Å². The van der Waals surface area contributed by atoms with Crippen LogP contribution in [0.15, 0.2) is 18.5 Å². The Morgan fingerprint density at radius 2 is 2.00 bits per heavy atom. The Labute approximate surface area is 114 Å². The SMILES string of the molecule is CCNCc1cncc(-c2c(C)nn(CC)c2C)c1. The van der Waals surface area contributed by atoms with Crippen LogP contribution in [0.25, 0.3) is 11.1 Å². The average Bonchev–Trinajstić information content (AvgIpc) is 2.71. The molecule has 19 heavy (non-hydrogen) atoms. The van der Waals surface area contributed by atoms with Crippen molar-refractivity contribution < 1.29 is 0 Å². The van der Waals surface area contributed by atoms with E-state index < -0.39 is 0 Å². The second-order valence-electron chi connectivity index (χ2n) is 4.72. The molecular weight excluding hydrogens is 236 g/mol. The Morgan fingerprint density at radius 1 is 1.21 bits per heavy atom. The summed E-state index contributed by atoms with van der Waals surface area (Å²) in [5.74, 6) is 0. The molecule has 0 aromatic carbocycles. The van der Waals surface area contributed by atoms with Gasteiger partial charge in [0.25, 0.3) is 0 Å². The second kappa shape index (κ2) is 5.97. The van der Waals surface area contributed by atoms with Gasteiger partial charge in [0, 0.05) is 42.3 Å². The molecule has 2 aromatic rings. The van der Waals surface area contributed by atoms with Crippen LogP contribution in [0.1, 0.15) is 30.8 Å². The Bertz CT molecular complexity index is 557. The highest BCUT2D eigenvalue weighted by molar-refractivity contribution is 5.68. The van der Waals surface area contributed by atoms with E-state index in [4.69, 9.17) is 0 Å². The number of rotatable bonds is 5. The van der Waals surface area contributed by atoms with Crippen LogP contribution in [0.3, 0.4) is 0 Å². The van der Waals surface area contributed by atoms with Gasteiger partial charge in [-0.2, -0.15) is 5.10 Å². The lowest BCUT2D eigenvalue weighted by molar-refractivity contribution is 0.634. The van der Waals surface area contributed by atoms with E-state index in [0.29, 0.717) is 0 Å². The van der Waals surface area contributed by atoms with E-state index in [1.807, 2.05) is 17.1 Å². The minimum atomic E-state index is 0.858. The van der Waals surface area contributed by atoms with Gasteiger partial charge < -0.3 is 5.32 Å². The summed E-state index contributed by atoms with van der Waals surface area (Å²) in [5.41, 5.74) is 5.87. The van der Waals surface area contributed by atoms with E-state index in [2.05, 4.69) is 49.2 Å². The summed E-state index contributed by atoms with van der Waals surface area (Å²) >= 11 is 0. The fraction of sp³-hybridized carbons (Fsp3) is 0.467. The van der Waals surface area contributed by atoms with Gasteiger partial charge in [-0.3, -0.25) is 9.67 Å². The summed E-state index contributed by atoms with van der Waals surface area (Å²) in [4.78, 5) is 4.35. The zero-order chi connectivity index (χ0) is 13.8. The third-order valence-corrected chi connectivity index (χ3v) is 3.34.